The molecule has 6 nitrogen and oxygen atoms in total. The average Bonchev–Trinajstić information content (AvgIpc) is 2.19. The molecule has 0 aliphatic carbocycles. The Hall–Kier alpha value is -1.43. The molecule has 1 heterocycles. The first kappa shape index (κ1) is 11.6. The van der Waals surface area contributed by atoms with Gasteiger partial charge in [-0.25, -0.2) is 10.3 Å². The summed E-state index contributed by atoms with van der Waals surface area (Å²) < 4.78 is 10.6. The molecule has 0 spiro atoms. The summed E-state index contributed by atoms with van der Waals surface area (Å²) in [4.78, 5) is 5.17. The van der Waals surface area contributed by atoms with Gasteiger partial charge in [-0.1, -0.05) is 10.4 Å². The van der Waals surface area contributed by atoms with Gasteiger partial charge in [-0.3, -0.25) is 0 Å². The monoisotopic (exact) mass is 215 g/mol. The number of nitrogens with one attached hydrogen (secondary N) is 1. The van der Waals surface area contributed by atoms with E-state index in [9.17, 15) is 0 Å². The lowest BCUT2D eigenvalue weighted by atomic mass is 10.5. The summed E-state index contributed by atoms with van der Waals surface area (Å²) in [5.74, 6) is 1.03. The topological polar surface area (TPSA) is 55.3 Å². The molecule has 0 unspecified atom stereocenters. The minimum absolute atomic E-state index is 0.466. The first-order valence-corrected chi connectivity index (χ1v) is 5.05. The highest BCUT2D eigenvalue weighted by molar-refractivity contribution is 5.88. The van der Waals surface area contributed by atoms with Gasteiger partial charge in [0.1, 0.15) is 0 Å². The third-order valence-corrected chi connectivity index (χ3v) is 1.49. The molecule has 0 bridgehead atoms. The predicted molar refractivity (Wildman–Crippen MR) is 55.4 cm³/mol. The van der Waals surface area contributed by atoms with Crippen LogP contribution in [0.1, 0.15) is 20.8 Å². The maximum Gasteiger partial charge on any atom is 0.240 e. The van der Waals surface area contributed by atoms with Gasteiger partial charge in [-0.2, -0.15) is 0 Å². The molecule has 0 fully saturated rings. The maximum absolute atomic E-state index is 5.30. The SMILES string of the molecule is CCOC1=CC(OCC)=NN(OCC)N1. The van der Waals surface area contributed by atoms with Crippen LogP contribution in [0.25, 0.3) is 0 Å². The predicted octanol–water partition coefficient (Wildman–Crippen LogP) is 0.986. The van der Waals surface area contributed by atoms with E-state index in [1.165, 1.54) is 5.28 Å². The van der Waals surface area contributed by atoms with Crippen molar-refractivity contribution in [1.29, 1.82) is 0 Å². The first-order chi connectivity index (χ1) is 7.30. The zero-order valence-electron chi connectivity index (χ0n) is 9.32. The third-order valence-electron chi connectivity index (χ3n) is 1.49. The molecular formula is C9H17N3O3. The Labute approximate surface area is 89.4 Å². The van der Waals surface area contributed by atoms with Crippen molar-refractivity contribution in [3.63, 3.8) is 0 Å². The van der Waals surface area contributed by atoms with Crippen molar-refractivity contribution in [1.82, 2.24) is 10.7 Å². The summed E-state index contributed by atoms with van der Waals surface area (Å²) in [5, 5.41) is 5.26. The van der Waals surface area contributed by atoms with E-state index in [-0.39, 0.29) is 0 Å². The van der Waals surface area contributed by atoms with Crippen molar-refractivity contribution in [2.24, 2.45) is 5.10 Å². The summed E-state index contributed by atoms with van der Waals surface area (Å²) in [7, 11) is 0. The van der Waals surface area contributed by atoms with Crippen molar-refractivity contribution in [2.45, 2.75) is 20.8 Å². The highest BCUT2D eigenvalue weighted by Crippen LogP contribution is 2.05. The minimum Gasteiger partial charge on any atom is -0.478 e. The van der Waals surface area contributed by atoms with Crippen LogP contribution < -0.4 is 5.43 Å². The molecule has 1 N–H and O–H groups in total. The van der Waals surface area contributed by atoms with E-state index in [2.05, 4.69) is 10.5 Å². The van der Waals surface area contributed by atoms with Gasteiger partial charge in [-0.05, 0) is 20.8 Å². The maximum atomic E-state index is 5.30. The molecule has 0 aromatic rings. The molecule has 0 amide bonds. The van der Waals surface area contributed by atoms with E-state index in [0.717, 1.165) is 0 Å². The molecule has 0 saturated carbocycles. The molecule has 0 aromatic heterocycles. The Morgan fingerprint density at radius 3 is 2.53 bits per heavy atom. The molecule has 15 heavy (non-hydrogen) atoms. The van der Waals surface area contributed by atoms with Crippen LogP contribution in [0.5, 0.6) is 0 Å². The van der Waals surface area contributed by atoms with Gasteiger partial charge >= 0.3 is 0 Å². The Balaban J connectivity index is 2.63. The lowest BCUT2D eigenvalue weighted by Gasteiger charge is -2.24. The second kappa shape index (κ2) is 6.13. The summed E-state index contributed by atoms with van der Waals surface area (Å²) in [6.07, 6.45) is 1.68. The van der Waals surface area contributed by atoms with Crippen molar-refractivity contribution in [2.75, 3.05) is 19.8 Å². The highest BCUT2D eigenvalue weighted by atomic mass is 16.7. The number of hydrazine groups is 1. The fourth-order valence-corrected chi connectivity index (χ4v) is 1.01. The van der Waals surface area contributed by atoms with Gasteiger partial charge in [0.25, 0.3) is 0 Å². The number of hydrogen-bond acceptors (Lipinski definition) is 6. The smallest absolute Gasteiger partial charge is 0.240 e. The van der Waals surface area contributed by atoms with Gasteiger partial charge in [-0.15, -0.1) is 0 Å². The largest absolute Gasteiger partial charge is 0.478 e. The van der Waals surface area contributed by atoms with Gasteiger partial charge in [0.15, 0.2) is 0 Å². The van der Waals surface area contributed by atoms with Gasteiger partial charge in [0, 0.05) is 0 Å². The molecule has 0 atom stereocenters. The standard InChI is InChI=1S/C9H17N3O3/c1-4-13-8-7-9(14-5-2)11-12(10-8)15-6-3/h7,10H,4-6H2,1-3H3. The molecule has 0 aromatic carbocycles. The molecule has 1 aliphatic heterocycles. The van der Waals surface area contributed by atoms with E-state index >= 15 is 0 Å². The lowest BCUT2D eigenvalue weighted by molar-refractivity contribution is -0.196. The second-order valence-electron chi connectivity index (χ2n) is 2.62. The average molecular weight is 215 g/mol. The van der Waals surface area contributed by atoms with E-state index in [4.69, 9.17) is 14.3 Å². The number of hydrazone groups is 1. The molecular weight excluding hydrogens is 198 g/mol. The highest BCUT2D eigenvalue weighted by Gasteiger charge is 2.14. The van der Waals surface area contributed by atoms with E-state index in [0.29, 0.717) is 31.6 Å². The van der Waals surface area contributed by atoms with Crippen molar-refractivity contribution < 1.29 is 14.3 Å². The Morgan fingerprint density at radius 1 is 1.20 bits per heavy atom. The Morgan fingerprint density at radius 2 is 1.93 bits per heavy atom. The van der Waals surface area contributed by atoms with Crippen molar-refractivity contribution in [3.8, 4) is 0 Å². The van der Waals surface area contributed by atoms with Crippen LogP contribution in [0, 0.1) is 0 Å². The summed E-state index contributed by atoms with van der Waals surface area (Å²) in [6, 6.07) is 0. The molecule has 0 radical (unpaired) electrons. The molecule has 6 heteroatoms. The van der Waals surface area contributed by atoms with Gasteiger partial charge < -0.3 is 9.47 Å². The summed E-state index contributed by atoms with van der Waals surface area (Å²) >= 11 is 0. The van der Waals surface area contributed by atoms with E-state index in [1.54, 1.807) is 6.08 Å². The number of nitrogens with zero attached hydrogens (tertiary/aromatic N) is 2. The summed E-state index contributed by atoms with van der Waals surface area (Å²) in [6.45, 7) is 7.29. The Bertz CT molecular complexity index is 253. The van der Waals surface area contributed by atoms with Crippen LogP contribution in [-0.4, -0.2) is 31.0 Å². The van der Waals surface area contributed by atoms with Crippen molar-refractivity contribution in [3.05, 3.63) is 12.0 Å². The lowest BCUT2D eigenvalue weighted by Crippen LogP contribution is -2.38. The van der Waals surface area contributed by atoms with E-state index < -0.39 is 0 Å². The van der Waals surface area contributed by atoms with Crippen LogP contribution in [0.3, 0.4) is 0 Å². The minimum atomic E-state index is 0.466. The normalized spacial score (nSPS) is 15.3. The first-order valence-electron chi connectivity index (χ1n) is 5.05. The van der Waals surface area contributed by atoms with Crippen LogP contribution >= 0.6 is 0 Å². The zero-order valence-corrected chi connectivity index (χ0v) is 9.32. The summed E-state index contributed by atoms with van der Waals surface area (Å²) in [5.41, 5.74) is 2.83. The van der Waals surface area contributed by atoms with E-state index in [1.807, 2.05) is 20.8 Å². The molecule has 86 valence electrons. The fraction of sp³-hybridized carbons (Fsp3) is 0.667. The number of hydrogen-bond donors (Lipinski definition) is 1. The zero-order chi connectivity index (χ0) is 11.1. The number of rotatable bonds is 5. The van der Waals surface area contributed by atoms with Gasteiger partial charge in [0.2, 0.25) is 11.8 Å². The second-order valence-corrected chi connectivity index (χ2v) is 2.62. The Kier molecular flexibility index (Phi) is 4.76. The third kappa shape index (κ3) is 3.67. The number of ether oxygens (including phenoxy) is 2. The van der Waals surface area contributed by atoms with Crippen LogP contribution in [-0.2, 0) is 14.3 Å². The van der Waals surface area contributed by atoms with Crippen LogP contribution in [0.2, 0.25) is 0 Å². The van der Waals surface area contributed by atoms with Crippen LogP contribution in [0.15, 0.2) is 17.1 Å². The van der Waals surface area contributed by atoms with Crippen LogP contribution in [0.4, 0.5) is 0 Å². The molecule has 0 saturated heterocycles. The molecule has 1 aliphatic rings. The molecule has 1 rings (SSSR count). The van der Waals surface area contributed by atoms with Crippen molar-refractivity contribution >= 4 is 5.90 Å². The van der Waals surface area contributed by atoms with Gasteiger partial charge in [0.05, 0.1) is 25.9 Å². The fourth-order valence-electron chi connectivity index (χ4n) is 1.01. The quantitative estimate of drug-likeness (QED) is 0.741.